The summed E-state index contributed by atoms with van der Waals surface area (Å²) in [6.07, 6.45) is 1.55. The number of carbonyl (C=O) groups excluding carboxylic acids is 1. The first-order valence-corrected chi connectivity index (χ1v) is 9.29. The van der Waals surface area contributed by atoms with Gasteiger partial charge in [0.05, 0.1) is 6.04 Å². The highest BCUT2D eigenvalue weighted by atomic mass is 19.1. The maximum atomic E-state index is 13.5. The molecule has 3 rings (SSSR count). The van der Waals surface area contributed by atoms with Gasteiger partial charge < -0.3 is 15.5 Å². The van der Waals surface area contributed by atoms with Gasteiger partial charge in [-0.3, -0.25) is 0 Å². The second-order valence-corrected chi connectivity index (χ2v) is 7.17. The standard InChI is InChI=1S/C21H25F2N3O/c1-3-25(2)21(27)26-8-7-19(24)20(26)10-14-5-4-6-15(9-14)16-11-17(22)13-18(23)12-16/h4-6,9,11-13,19-20H,3,7-8,10,24H2,1-2H3/p+1. The molecule has 1 aliphatic heterocycles. The Labute approximate surface area is 158 Å². The number of halogens is 2. The van der Waals surface area contributed by atoms with Crippen LogP contribution in [0, 0.1) is 11.6 Å². The van der Waals surface area contributed by atoms with Crippen molar-refractivity contribution in [1.29, 1.82) is 0 Å². The van der Waals surface area contributed by atoms with Crippen molar-refractivity contribution in [1.82, 2.24) is 9.80 Å². The van der Waals surface area contributed by atoms with E-state index in [4.69, 9.17) is 0 Å². The molecular weight excluding hydrogens is 348 g/mol. The molecule has 0 spiro atoms. The van der Waals surface area contributed by atoms with Crippen molar-refractivity contribution in [2.24, 2.45) is 0 Å². The lowest BCUT2D eigenvalue weighted by molar-refractivity contribution is -0.422. The molecule has 2 unspecified atom stereocenters. The number of rotatable bonds is 4. The van der Waals surface area contributed by atoms with Crippen LogP contribution in [0.1, 0.15) is 18.9 Å². The topological polar surface area (TPSA) is 51.2 Å². The van der Waals surface area contributed by atoms with Crippen molar-refractivity contribution >= 4 is 6.03 Å². The molecule has 6 heteroatoms. The molecule has 1 saturated heterocycles. The lowest BCUT2D eigenvalue weighted by Gasteiger charge is -2.29. The molecule has 4 nitrogen and oxygen atoms in total. The van der Waals surface area contributed by atoms with Crippen LogP contribution in [0.3, 0.4) is 0 Å². The zero-order valence-corrected chi connectivity index (χ0v) is 15.8. The highest BCUT2D eigenvalue weighted by molar-refractivity contribution is 5.75. The van der Waals surface area contributed by atoms with Gasteiger partial charge in [-0.05, 0) is 42.2 Å². The summed E-state index contributed by atoms with van der Waals surface area (Å²) in [5, 5.41) is 0. The zero-order valence-electron chi connectivity index (χ0n) is 15.8. The summed E-state index contributed by atoms with van der Waals surface area (Å²) < 4.78 is 27.1. The summed E-state index contributed by atoms with van der Waals surface area (Å²) in [5.74, 6) is -1.19. The van der Waals surface area contributed by atoms with Crippen LogP contribution in [-0.4, -0.2) is 48.1 Å². The van der Waals surface area contributed by atoms with Gasteiger partial charge in [0.1, 0.15) is 17.7 Å². The molecule has 1 fully saturated rings. The van der Waals surface area contributed by atoms with Crippen molar-refractivity contribution in [3.8, 4) is 11.1 Å². The van der Waals surface area contributed by atoms with E-state index < -0.39 is 11.6 Å². The Bertz CT molecular complexity index is 807. The summed E-state index contributed by atoms with van der Waals surface area (Å²) in [4.78, 5) is 16.2. The Morgan fingerprint density at radius 2 is 1.89 bits per heavy atom. The van der Waals surface area contributed by atoms with Gasteiger partial charge in [0.15, 0.2) is 0 Å². The highest BCUT2D eigenvalue weighted by Crippen LogP contribution is 2.26. The summed E-state index contributed by atoms with van der Waals surface area (Å²) in [6, 6.07) is 11.4. The summed E-state index contributed by atoms with van der Waals surface area (Å²) in [7, 11) is 1.80. The predicted molar refractivity (Wildman–Crippen MR) is 101 cm³/mol. The average Bonchev–Trinajstić information content (AvgIpc) is 3.00. The molecule has 0 aromatic heterocycles. The van der Waals surface area contributed by atoms with Gasteiger partial charge in [0.2, 0.25) is 0 Å². The fourth-order valence-electron chi connectivity index (χ4n) is 3.63. The van der Waals surface area contributed by atoms with Crippen LogP contribution in [0.2, 0.25) is 0 Å². The van der Waals surface area contributed by atoms with Crippen LogP contribution < -0.4 is 5.73 Å². The summed E-state index contributed by atoms with van der Waals surface area (Å²) in [6.45, 7) is 3.31. The lowest BCUT2D eigenvalue weighted by Crippen LogP contribution is -2.67. The Hall–Kier alpha value is -2.47. The molecule has 1 aliphatic rings. The largest absolute Gasteiger partial charge is 0.353 e. The number of likely N-dealkylation sites (tertiary alicyclic amines) is 1. The van der Waals surface area contributed by atoms with E-state index in [0.29, 0.717) is 25.1 Å². The van der Waals surface area contributed by atoms with Gasteiger partial charge in [-0.2, -0.15) is 0 Å². The quantitative estimate of drug-likeness (QED) is 0.879. The second kappa shape index (κ2) is 8.05. The van der Waals surface area contributed by atoms with Crippen molar-refractivity contribution in [3.63, 3.8) is 0 Å². The van der Waals surface area contributed by atoms with Gasteiger partial charge in [-0.15, -0.1) is 0 Å². The second-order valence-electron chi connectivity index (χ2n) is 7.17. The van der Waals surface area contributed by atoms with Crippen molar-refractivity contribution in [2.75, 3.05) is 20.1 Å². The fraction of sp³-hybridized carbons (Fsp3) is 0.381. The third-order valence-electron chi connectivity index (χ3n) is 5.30. The molecule has 3 N–H and O–H groups in total. The molecule has 144 valence electrons. The van der Waals surface area contributed by atoms with E-state index in [-0.39, 0.29) is 18.1 Å². The number of urea groups is 1. The number of nitrogens with zero attached hydrogens (tertiary/aromatic N) is 2. The SMILES string of the molecule is CCN(C)C(=O)N1CCC([NH3+])C1Cc1cccc(-c2cc(F)cc(F)c2)c1. The van der Waals surface area contributed by atoms with E-state index in [1.165, 1.54) is 12.1 Å². The van der Waals surface area contributed by atoms with Gasteiger partial charge in [-0.25, -0.2) is 13.6 Å². The van der Waals surface area contributed by atoms with E-state index in [0.717, 1.165) is 23.6 Å². The van der Waals surface area contributed by atoms with E-state index in [1.54, 1.807) is 11.9 Å². The van der Waals surface area contributed by atoms with Crippen molar-refractivity contribution in [3.05, 3.63) is 59.7 Å². The Balaban J connectivity index is 1.83. The molecule has 0 aliphatic carbocycles. The Kier molecular flexibility index (Phi) is 5.75. The van der Waals surface area contributed by atoms with E-state index in [9.17, 15) is 13.6 Å². The Morgan fingerprint density at radius 3 is 2.56 bits per heavy atom. The zero-order chi connectivity index (χ0) is 19.6. The number of carbonyl (C=O) groups is 1. The summed E-state index contributed by atoms with van der Waals surface area (Å²) >= 11 is 0. The third kappa shape index (κ3) is 4.27. The minimum Gasteiger partial charge on any atom is -0.353 e. The van der Waals surface area contributed by atoms with E-state index >= 15 is 0 Å². The minimum atomic E-state index is -0.594. The molecular formula is C21H26F2N3O+. The first kappa shape index (κ1) is 19.3. The number of quaternary nitrogens is 1. The maximum absolute atomic E-state index is 13.5. The molecule has 2 aromatic carbocycles. The number of benzene rings is 2. The molecule has 27 heavy (non-hydrogen) atoms. The van der Waals surface area contributed by atoms with Crippen LogP contribution in [0.15, 0.2) is 42.5 Å². The maximum Gasteiger partial charge on any atom is 0.320 e. The highest BCUT2D eigenvalue weighted by Gasteiger charge is 2.38. The van der Waals surface area contributed by atoms with Crippen molar-refractivity contribution < 1.29 is 19.3 Å². The fourth-order valence-corrected chi connectivity index (χ4v) is 3.63. The van der Waals surface area contributed by atoms with E-state index in [2.05, 4.69) is 5.73 Å². The first-order valence-electron chi connectivity index (χ1n) is 9.29. The first-order chi connectivity index (χ1) is 12.9. The smallest absolute Gasteiger partial charge is 0.320 e. The molecule has 0 bridgehead atoms. The van der Waals surface area contributed by atoms with Gasteiger partial charge in [0, 0.05) is 32.6 Å². The average molecular weight is 374 g/mol. The van der Waals surface area contributed by atoms with Crippen LogP contribution in [0.5, 0.6) is 0 Å². The van der Waals surface area contributed by atoms with Gasteiger partial charge >= 0.3 is 6.03 Å². The van der Waals surface area contributed by atoms with Gasteiger partial charge in [-0.1, -0.05) is 24.3 Å². The number of amides is 2. The monoisotopic (exact) mass is 374 g/mol. The molecule has 2 atom stereocenters. The normalized spacial score (nSPS) is 19.4. The number of hydrogen-bond donors (Lipinski definition) is 1. The molecule has 2 amide bonds. The van der Waals surface area contributed by atoms with Crippen LogP contribution >= 0.6 is 0 Å². The predicted octanol–water partition coefficient (Wildman–Crippen LogP) is 2.93. The molecule has 0 saturated carbocycles. The van der Waals surface area contributed by atoms with E-state index in [1.807, 2.05) is 36.1 Å². The van der Waals surface area contributed by atoms with Crippen LogP contribution in [0.25, 0.3) is 11.1 Å². The molecule has 2 aromatic rings. The van der Waals surface area contributed by atoms with Crippen molar-refractivity contribution in [2.45, 2.75) is 31.8 Å². The molecule has 1 heterocycles. The molecule has 0 radical (unpaired) electrons. The van der Waals surface area contributed by atoms with Crippen LogP contribution in [0.4, 0.5) is 13.6 Å². The Morgan fingerprint density at radius 1 is 1.19 bits per heavy atom. The lowest BCUT2D eigenvalue weighted by atomic mass is 9.97. The number of hydrogen-bond acceptors (Lipinski definition) is 1. The van der Waals surface area contributed by atoms with Crippen LogP contribution in [-0.2, 0) is 6.42 Å². The third-order valence-corrected chi connectivity index (χ3v) is 5.30. The summed E-state index contributed by atoms with van der Waals surface area (Å²) in [5.41, 5.74) is 6.51. The van der Waals surface area contributed by atoms with Gasteiger partial charge in [0.25, 0.3) is 0 Å². The minimum absolute atomic E-state index is 0.0194.